The number of hydrogen-bond acceptors (Lipinski definition) is 0. The molecule has 5 heteroatoms. The van der Waals surface area contributed by atoms with Gasteiger partial charge in [0.2, 0.25) is 0 Å². The molecule has 0 bridgehead atoms. The van der Waals surface area contributed by atoms with E-state index in [0.29, 0.717) is 0 Å². The van der Waals surface area contributed by atoms with Gasteiger partial charge in [0.1, 0.15) is 0 Å². The summed E-state index contributed by atoms with van der Waals surface area (Å²) in [6.07, 6.45) is 0. The third-order valence-corrected chi connectivity index (χ3v) is 0. The van der Waals surface area contributed by atoms with Crippen LogP contribution in [0.2, 0.25) is 0 Å². The molecule has 0 heterocycles. The van der Waals surface area contributed by atoms with Crippen molar-refractivity contribution >= 4 is 0 Å². The third kappa shape index (κ3) is 586. The molecule has 0 radical (unpaired) electrons. The van der Waals surface area contributed by atoms with Crippen LogP contribution in [0.25, 0.3) is 22.9 Å². The monoisotopic (exact) mass is 160 g/mol. The summed E-state index contributed by atoms with van der Waals surface area (Å²) in [5.41, 5.74) is 24.2. The van der Waals surface area contributed by atoms with Gasteiger partial charge in [-0.15, -0.1) is 13.2 Å². The van der Waals surface area contributed by atoms with Crippen LogP contribution >= 0.6 is 0 Å². The Bertz CT molecular complexity index is 70.6. The van der Waals surface area contributed by atoms with Crippen molar-refractivity contribution in [3.8, 4) is 0 Å². The second kappa shape index (κ2) is 10.4. The van der Waals surface area contributed by atoms with Crippen molar-refractivity contribution in [1.29, 1.82) is 0 Å². The molecule has 0 aromatic heterocycles. The molecule has 0 saturated heterocycles. The topological polar surface area (TPSA) is 95.2 Å². The molecular formula is C4H8N4Ti. The van der Waals surface area contributed by atoms with E-state index in [4.69, 9.17) is 22.9 Å². The van der Waals surface area contributed by atoms with Crippen LogP contribution in [0.3, 0.4) is 0 Å². The summed E-state index contributed by atoms with van der Waals surface area (Å²) >= 11 is 0. The first kappa shape index (κ1) is 15.8. The maximum atomic E-state index is 6.06. The maximum absolute atomic E-state index is 6.06. The minimum Gasteiger partial charge on any atom is -0.719 e. The second-order valence-corrected chi connectivity index (χ2v) is 0.957. The van der Waals surface area contributed by atoms with E-state index in [2.05, 4.69) is 13.2 Å². The van der Waals surface area contributed by atoms with Crippen molar-refractivity contribution in [2.24, 2.45) is 0 Å². The van der Waals surface area contributed by atoms with Crippen molar-refractivity contribution in [2.75, 3.05) is 0 Å². The first-order valence-electron chi connectivity index (χ1n) is 1.71. The SMILES string of the molecule is C=C([NH-])[NH-].C=C([NH-])[NH-].[Ti+4]. The molecule has 0 aliphatic rings. The van der Waals surface area contributed by atoms with E-state index in [1.54, 1.807) is 0 Å². The Morgan fingerprint density at radius 2 is 0.778 bits per heavy atom. The van der Waals surface area contributed by atoms with Crippen molar-refractivity contribution < 1.29 is 21.7 Å². The molecule has 0 spiro atoms. The van der Waals surface area contributed by atoms with Crippen LogP contribution in [0, 0.1) is 0 Å². The van der Waals surface area contributed by atoms with Gasteiger partial charge in [0.25, 0.3) is 0 Å². The fraction of sp³-hybridized carbons (Fsp3) is 0. The predicted octanol–water partition coefficient (Wildman–Crippen LogP) is 3.12. The Morgan fingerprint density at radius 3 is 0.778 bits per heavy atom. The molecular weight excluding hydrogens is 152 g/mol. The van der Waals surface area contributed by atoms with E-state index in [0.717, 1.165) is 0 Å². The first-order valence-corrected chi connectivity index (χ1v) is 1.71. The molecule has 48 valence electrons. The molecule has 0 fully saturated rings. The predicted molar refractivity (Wildman–Crippen MR) is 35.6 cm³/mol. The van der Waals surface area contributed by atoms with Crippen molar-refractivity contribution in [2.45, 2.75) is 0 Å². The van der Waals surface area contributed by atoms with Crippen LogP contribution in [0.15, 0.2) is 24.8 Å². The van der Waals surface area contributed by atoms with E-state index in [9.17, 15) is 0 Å². The molecule has 4 nitrogen and oxygen atoms in total. The van der Waals surface area contributed by atoms with E-state index < -0.39 is 0 Å². The standard InChI is InChI=1S/2C2H4N2.Ti/c2*1-2(3)4;/h2*3-4H,1H2;/q2*-2;+4. The number of rotatable bonds is 0. The van der Waals surface area contributed by atoms with Gasteiger partial charge in [-0.2, -0.15) is 0 Å². The zero-order chi connectivity index (χ0) is 7.15. The zero-order valence-electron chi connectivity index (χ0n) is 4.91. The molecule has 0 aliphatic carbocycles. The minimum absolute atomic E-state index is 0. The van der Waals surface area contributed by atoms with Crippen LogP contribution in [-0.4, -0.2) is 0 Å². The molecule has 0 aromatic carbocycles. The van der Waals surface area contributed by atoms with Gasteiger partial charge in [0, 0.05) is 0 Å². The summed E-state index contributed by atoms with van der Waals surface area (Å²) in [7, 11) is 0. The summed E-state index contributed by atoms with van der Waals surface area (Å²) in [6.45, 7) is 5.78. The number of nitrogens with one attached hydrogen (secondary N) is 4. The summed E-state index contributed by atoms with van der Waals surface area (Å²) < 4.78 is 0. The largest absolute Gasteiger partial charge is 4.00 e. The molecule has 0 aromatic rings. The smallest absolute Gasteiger partial charge is 0.719 e. The van der Waals surface area contributed by atoms with Crippen molar-refractivity contribution in [3.63, 3.8) is 0 Å². The Labute approximate surface area is 69.8 Å². The number of hydrogen-bond donors (Lipinski definition) is 0. The van der Waals surface area contributed by atoms with E-state index >= 15 is 0 Å². The summed E-state index contributed by atoms with van der Waals surface area (Å²) in [5.74, 6) is -0.667. The zero-order valence-corrected chi connectivity index (χ0v) is 6.48. The minimum atomic E-state index is -0.333. The molecule has 0 saturated carbocycles. The molecule has 0 atom stereocenters. The van der Waals surface area contributed by atoms with Gasteiger partial charge in [-0.25, -0.2) is 0 Å². The van der Waals surface area contributed by atoms with Crippen LogP contribution in [0.1, 0.15) is 0 Å². The van der Waals surface area contributed by atoms with Gasteiger partial charge in [-0.05, 0) is 0 Å². The van der Waals surface area contributed by atoms with Gasteiger partial charge in [-0.3, -0.25) is 11.6 Å². The fourth-order valence-electron chi connectivity index (χ4n) is 0. The van der Waals surface area contributed by atoms with E-state index in [1.807, 2.05) is 0 Å². The van der Waals surface area contributed by atoms with E-state index in [-0.39, 0.29) is 33.4 Å². The van der Waals surface area contributed by atoms with Crippen LogP contribution in [0.5, 0.6) is 0 Å². The molecule has 0 aliphatic heterocycles. The molecule has 9 heavy (non-hydrogen) atoms. The van der Waals surface area contributed by atoms with Gasteiger partial charge in [0.15, 0.2) is 0 Å². The first-order chi connectivity index (χ1) is 3.46. The van der Waals surface area contributed by atoms with Gasteiger partial charge < -0.3 is 22.9 Å². The van der Waals surface area contributed by atoms with Crippen LogP contribution in [-0.2, 0) is 21.7 Å². The second-order valence-electron chi connectivity index (χ2n) is 0.957. The Morgan fingerprint density at radius 1 is 0.778 bits per heavy atom. The quantitative estimate of drug-likeness (QED) is 0.486. The molecule has 0 unspecified atom stereocenters. The average Bonchev–Trinajstić information content (AvgIpc) is 1.25. The van der Waals surface area contributed by atoms with Crippen molar-refractivity contribution in [3.05, 3.63) is 47.7 Å². The van der Waals surface area contributed by atoms with Crippen LogP contribution < -0.4 is 0 Å². The van der Waals surface area contributed by atoms with Gasteiger partial charge >= 0.3 is 21.7 Å². The normalized spacial score (nSPS) is 5.33. The maximum Gasteiger partial charge on any atom is 4.00 e. The summed E-state index contributed by atoms with van der Waals surface area (Å²) in [5, 5.41) is 0. The third-order valence-electron chi connectivity index (χ3n) is 0. The van der Waals surface area contributed by atoms with E-state index in [1.165, 1.54) is 0 Å². The Kier molecular flexibility index (Phi) is 18.2. The molecule has 0 amide bonds. The van der Waals surface area contributed by atoms with Gasteiger partial charge in [-0.1, -0.05) is 0 Å². The Hall–Kier alpha value is -0.606. The fourth-order valence-corrected chi connectivity index (χ4v) is 0. The van der Waals surface area contributed by atoms with Crippen molar-refractivity contribution in [1.82, 2.24) is 0 Å². The summed E-state index contributed by atoms with van der Waals surface area (Å²) in [6, 6.07) is 0. The average molecular weight is 160 g/mol. The molecule has 0 rings (SSSR count). The van der Waals surface area contributed by atoms with Gasteiger partial charge in [0.05, 0.1) is 0 Å². The summed E-state index contributed by atoms with van der Waals surface area (Å²) in [4.78, 5) is 0. The van der Waals surface area contributed by atoms with Crippen LogP contribution in [0.4, 0.5) is 0 Å². The Balaban J connectivity index is -0.0000000720. The molecule has 4 N–H and O–H groups in total.